The van der Waals surface area contributed by atoms with E-state index >= 15 is 0 Å². The summed E-state index contributed by atoms with van der Waals surface area (Å²) >= 11 is 0. The molecule has 2 aromatic carbocycles. The molecule has 3 nitrogen and oxygen atoms in total. The van der Waals surface area contributed by atoms with E-state index in [-0.39, 0.29) is 11.8 Å². The second kappa shape index (κ2) is 6.82. The van der Waals surface area contributed by atoms with Crippen LogP contribution < -0.4 is 4.90 Å². The molecule has 0 saturated carbocycles. The highest BCUT2D eigenvalue weighted by molar-refractivity contribution is 5.82. The first-order chi connectivity index (χ1) is 11.2. The number of rotatable bonds is 4. The summed E-state index contributed by atoms with van der Waals surface area (Å²) in [6.07, 6.45) is 2.44. The number of carbonyl (C=O) groups is 1. The highest BCUT2D eigenvalue weighted by Gasteiger charge is 2.24. The Kier molecular flexibility index (Phi) is 4.60. The van der Waals surface area contributed by atoms with E-state index in [4.69, 9.17) is 4.74 Å². The summed E-state index contributed by atoms with van der Waals surface area (Å²) in [5.74, 6) is -1.35. The van der Waals surface area contributed by atoms with Crippen LogP contribution in [0.15, 0.2) is 48.5 Å². The SMILES string of the molecule is COC(=O)[C@@H](c1ccc(N2CCCC2)cc1)c1cccc(F)c1. The second-order valence-electron chi connectivity index (χ2n) is 5.80. The lowest BCUT2D eigenvalue weighted by Gasteiger charge is -2.20. The monoisotopic (exact) mass is 313 g/mol. The molecule has 0 unspecified atom stereocenters. The number of halogens is 1. The minimum Gasteiger partial charge on any atom is -0.468 e. The molecule has 0 aromatic heterocycles. The van der Waals surface area contributed by atoms with E-state index in [0.717, 1.165) is 24.3 Å². The van der Waals surface area contributed by atoms with Crippen LogP contribution in [0.1, 0.15) is 29.9 Å². The summed E-state index contributed by atoms with van der Waals surface area (Å²) in [5, 5.41) is 0. The van der Waals surface area contributed by atoms with Gasteiger partial charge in [0.15, 0.2) is 0 Å². The molecule has 2 aromatic rings. The van der Waals surface area contributed by atoms with Crippen molar-refractivity contribution in [3.8, 4) is 0 Å². The summed E-state index contributed by atoms with van der Waals surface area (Å²) in [5.41, 5.74) is 2.57. The molecule has 0 radical (unpaired) electrons. The molecule has 23 heavy (non-hydrogen) atoms. The maximum absolute atomic E-state index is 13.5. The Morgan fingerprint density at radius 2 is 1.78 bits per heavy atom. The van der Waals surface area contributed by atoms with Gasteiger partial charge in [-0.05, 0) is 48.2 Å². The van der Waals surface area contributed by atoms with Gasteiger partial charge in [-0.15, -0.1) is 0 Å². The van der Waals surface area contributed by atoms with Crippen LogP contribution in [-0.4, -0.2) is 26.2 Å². The van der Waals surface area contributed by atoms with Crippen LogP contribution >= 0.6 is 0 Å². The van der Waals surface area contributed by atoms with Gasteiger partial charge >= 0.3 is 5.97 Å². The zero-order valence-corrected chi connectivity index (χ0v) is 13.2. The van der Waals surface area contributed by atoms with E-state index in [0.29, 0.717) is 5.56 Å². The lowest BCUT2D eigenvalue weighted by molar-refractivity contribution is -0.141. The zero-order chi connectivity index (χ0) is 16.2. The van der Waals surface area contributed by atoms with Gasteiger partial charge in [0.2, 0.25) is 0 Å². The molecule has 1 saturated heterocycles. The number of anilines is 1. The Balaban J connectivity index is 1.92. The van der Waals surface area contributed by atoms with Crippen LogP contribution in [0.4, 0.5) is 10.1 Å². The maximum atomic E-state index is 13.5. The highest BCUT2D eigenvalue weighted by Crippen LogP contribution is 2.29. The third-order valence-electron chi connectivity index (χ3n) is 4.32. The van der Waals surface area contributed by atoms with Crippen LogP contribution in [0.5, 0.6) is 0 Å². The second-order valence-corrected chi connectivity index (χ2v) is 5.80. The zero-order valence-electron chi connectivity index (χ0n) is 13.2. The lowest BCUT2D eigenvalue weighted by Crippen LogP contribution is -2.18. The Labute approximate surface area is 135 Å². The molecule has 1 fully saturated rings. The molecule has 0 amide bonds. The van der Waals surface area contributed by atoms with Gasteiger partial charge in [-0.3, -0.25) is 4.79 Å². The highest BCUT2D eigenvalue weighted by atomic mass is 19.1. The molecule has 0 N–H and O–H groups in total. The summed E-state index contributed by atoms with van der Waals surface area (Å²) in [6.45, 7) is 2.15. The van der Waals surface area contributed by atoms with Crippen LogP contribution in [0.3, 0.4) is 0 Å². The smallest absolute Gasteiger partial charge is 0.317 e. The molecule has 1 aliphatic rings. The molecule has 3 rings (SSSR count). The first-order valence-electron chi connectivity index (χ1n) is 7.87. The first kappa shape index (κ1) is 15.5. The van der Waals surface area contributed by atoms with Gasteiger partial charge in [-0.2, -0.15) is 0 Å². The van der Waals surface area contributed by atoms with Crippen molar-refractivity contribution in [2.45, 2.75) is 18.8 Å². The first-order valence-corrected chi connectivity index (χ1v) is 7.87. The molecule has 0 bridgehead atoms. The van der Waals surface area contributed by atoms with E-state index in [1.54, 1.807) is 12.1 Å². The number of ether oxygens (including phenoxy) is 1. The van der Waals surface area contributed by atoms with Crippen molar-refractivity contribution in [2.75, 3.05) is 25.1 Å². The maximum Gasteiger partial charge on any atom is 0.317 e. The standard InChI is InChI=1S/C19H20FNO2/c1-23-19(22)18(15-5-4-6-16(20)13-15)14-7-9-17(10-8-14)21-11-2-3-12-21/h4-10,13,18H,2-3,11-12H2,1H3/t18-/m0/s1. The number of hydrogen-bond donors (Lipinski definition) is 0. The molecule has 0 aliphatic carbocycles. The van der Waals surface area contributed by atoms with E-state index in [1.807, 2.05) is 24.3 Å². The normalized spacial score (nSPS) is 15.5. The van der Waals surface area contributed by atoms with Crippen molar-refractivity contribution < 1.29 is 13.9 Å². The van der Waals surface area contributed by atoms with Gasteiger partial charge in [0, 0.05) is 18.8 Å². The van der Waals surface area contributed by atoms with Crippen LogP contribution in [0.2, 0.25) is 0 Å². The van der Waals surface area contributed by atoms with Crippen molar-refractivity contribution in [3.05, 3.63) is 65.5 Å². The minimum atomic E-state index is -0.608. The van der Waals surface area contributed by atoms with Gasteiger partial charge in [0.1, 0.15) is 11.7 Å². The van der Waals surface area contributed by atoms with Gasteiger partial charge in [-0.25, -0.2) is 4.39 Å². The predicted octanol–water partition coefficient (Wildman–Crippen LogP) is 3.73. The Bertz CT molecular complexity index is 678. The molecular weight excluding hydrogens is 293 g/mol. The number of nitrogens with zero attached hydrogens (tertiary/aromatic N) is 1. The fourth-order valence-electron chi connectivity index (χ4n) is 3.12. The van der Waals surface area contributed by atoms with Crippen molar-refractivity contribution >= 4 is 11.7 Å². The van der Waals surface area contributed by atoms with Gasteiger partial charge in [-0.1, -0.05) is 24.3 Å². The molecule has 1 aliphatic heterocycles. The summed E-state index contributed by atoms with van der Waals surface area (Å²) in [4.78, 5) is 14.5. The number of esters is 1. The average Bonchev–Trinajstić information content (AvgIpc) is 3.10. The number of hydrogen-bond acceptors (Lipinski definition) is 3. The van der Waals surface area contributed by atoms with Crippen LogP contribution in [0.25, 0.3) is 0 Å². The topological polar surface area (TPSA) is 29.5 Å². The van der Waals surface area contributed by atoms with Crippen molar-refractivity contribution in [3.63, 3.8) is 0 Å². The van der Waals surface area contributed by atoms with E-state index < -0.39 is 5.92 Å². The van der Waals surface area contributed by atoms with E-state index in [1.165, 1.54) is 32.1 Å². The Hall–Kier alpha value is -2.36. The summed E-state index contributed by atoms with van der Waals surface area (Å²) in [6, 6.07) is 14.0. The minimum absolute atomic E-state index is 0.356. The van der Waals surface area contributed by atoms with Gasteiger partial charge in [0.05, 0.1) is 7.11 Å². The third kappa shape index (κ3) is 3.36. The molecule has 1 atom stereocenters. The third-order valence-corrected chi connectivity index (χ3v) is 4.32. The van der Waals surface area contributed by atoms with E-state index in [2.05, 4.69) is 4.90 Å². The molecule has 4 heteroatoms. The molecule has 1 heterocycles. The fourth-order valence-corrected chi connectivity index (χ4v) is 3.12. The van der Waals surface area contributed by atoms with Crippen molar-refractivity contribution in [1.82, 2.24) is 0 Å². The van der Waals surface area contributed by atoms with Crippen molar-refractivity contribution in [1.29, 1.82) is 0 Å². The van der Waals surface area contributed by atoms with Crippen molar-refractivity contribution in [2.24, 2.45) is 0 Å². The van der Waals surface area contributed by atoms with Crippen LogP contribution in [0, 0.1) is 5.82 Å². The molecule has 120 valence electrons. The van der Waals surface area contributed by atoms with Gasteiger partial charge < -0.3 is 9.64 Å². The average molecular weight is 313 g/mol. The van der Waals surface area contributed by atoms with Gasteiger partial charge in [0.25, 0.3) is 0 Å². The molecule has 0 spiro atoms. The van der Waals surface area contributed by atoms with E-state index in [9.17, 15) is 9.18 Å². The molecular formula is C19H20FNO2. The largest absolute Gasteiger partial charge is 0.468 e. The quantitative estimate of drug-likeness (QED) is 0.806. The summed E-state index contributed by atoms with van der Waals surface area (Å²) in [7, 11) is 1.35. The number of carbonyl (C=O) groups excluding carboxylic acids is 1. The lowest BCUT2D eigenvalue weighted by atomic mass is 9.91. The summed E-state index contributed by atoms with van der Waals surface area (Å²) < 4.78 is 18.4. The number of methoxy groups -OCH3 is 1. The number of benzene rings is 2. The fraction of sp³-hybridized carbons (Fsp3) is 0.316. The Morgan fingerprint density at radius 1 is 1.09 bits per heavy atom. The predicted molar refractivity (Wildman–Crippen MR) is 88.1 cm³/mol. The Morgan fingerprint density at radius 3 is 2.39 bits per heavy atom. The van der Waals surface area contributed by atoms with Crippen LogP contribution in [-0.2, 0) is 9.53 Å².